The molecule has 1 saturated heterocycles. The Morgan fingerprint density at radius 3 is 1.80 bits per heavy atom. The lowest BCUT2D eigenvalue weighted by Gasteiger charge is -2.39. The van der Waals surface area contributed by atoms with E-state index in [0.29, 0.717) is 28.4 Å². The topological polar surface area (TPSA) is 275 Å². The minimum atomic E-state index is -5.05. The minimum Gasteiger partial charge on any atom is -0.497 e. The summed E-state index contributed by atoms with van der Waals surface area (Å²) in [5.41, 5.74) is 2.60. The van der Waals surface area contributed by atoms with E-state index < -0.39 is 68.9 Å². The normalized spacial score (nSPS) is 13.6. The molecule has 26 heteroatoms. The number of hydrogen-bond donors (Lipinski definition) is 4. The lowest BCUT2D eigenvalue weighted by molar-refractivity contribution is -0.130. The number of tetrazole rings is 1. The van der Waals surface area contributed by atoms with Gasteiger partial charge in [0, 0.05) is 58.0 Å². The van der Waals surface area contributed by atoms with Crippen molar-refractivity contribution >= 4 is 52.1 Å². The summed E-state index contributed by atoms with van der Waals surface area (Å²) in [6.07, 6.45) is -3.14. The number of piperazine rings is 1. The molecule has 0 saturated carbocycles. The third-order valence-electron chi connectivity index (χ3n) is 14.0. The molecule has 0 radical (unpaired) electrons. The Balaban J connectivity index is 1.35. The van der Waals surface area contributed by atoms with E-state index in [9.17, 15) is 19.5 Å². The minimum absolute atomic E-state index is 0.0109. The number of aromatic nitrogens is 4. The van der Waals surface area contributed by atoms with Gasteiger partial charge in [0.1, 0.15) is 40.2 Å². The molecular formula is C55H70N10O13S2Si. The number of carbonyl (C=O) groups is 3. The number of benzene rings is 5. The van der Waals surface area contributed by atoms with Crippen LogP contribution < -0.4 is 34.5 Å². The Morgan fingerprint density at radius 1 is 0.716 bits per heavy atom. The van der Waals surface area contributed by atoms with Crippen molar-refractivity contribution in [2.45, 2.75) is 81.0 Å². The summed E-state index contributed by atoms with van der Waals surface area (Å²) in [5.74, 6) is 1.03. The molecule has 3 amide bonds. The largest absolute Gasteiger partial charge is 0.497 e. The summed E-state index contributed by atoms with van der Waals surface area (Å²) < 4.78 is 95.1. The van der Waals surface area contributed by atoms with Gasteiger partial charge in [0.15, 0.2) is 8.32 Å². The molecule has 7 rings (SSSR count). The summed E-state index contributed by atoms with van der Waals surface area (Å²) in [6.45, 7) is 8.76. The van der Waals surface area contributed by atoms with Gasteiger partial charge in [-0.05, 0) is 94.1 Å². The van der Waals surface area contributed by atoms with Crippen molar-refractivity contribution < 1.29 is 59.7 Å². The fraction of sp³-hybridized carbons (Fsp3) is 0.382. The number of carbonyl (C=O) groups excluding carboxylic acids is 2. The molecule has 81 heavy (non-hydrogen) atoms. The number of methoxy groups -OCH3 is 3. The van der Waals surface area contributed by atoms with Gasteiger partial charge in [-0.1, -0.05) is 87.5 Å². The highest BCUT2D eigenvalue weighted by Crippen LogP contribution is 2.42. The van der Waals surface area contributed by atoms with Crippen LogP contribution in [0.4, 0.5) is 15.3 Å². The highest BCUT2D eigenvalue weighted by Gasteiger charge is 2.42. The zero-order valence-electron chi connectivity index (χ0n) is 46.6. The summed E-state index contributed by atoms with van der Waals surface area (Å²) >= 11 is 0. The monoisotopic (exact) mass is 1170 g/mol. The Labute approximate surface area is 473 Å². The first-order chi connectivity index (χ1) is 38.5. The van der Waals surface area contributed by atoms with Gasteiger partial charge < -0.3 is 48.9 Å². The quantitative estimate of drug-likeness (QED) is 0.0457. The molecule has 0 aliphatic carbocycles. The number of anilines is 1. The molecule has 1 aliphatic heterocycles. The van der Waals surface area contributed by atoms with E-state index in [1.807, 2.05) is 57.0 Å². The molecular weight excluding hydrogens is 1100 g/mol. The number of nitrogens with zero attached hydrogens (tertiary/aromatic N) is 7. The van der Waals surface area contributed by atoms with Gasteiger partial charge in [0.25, 0.3) is 0 Å². The Morgan fingerprint density at radius 2 is 1.27 bits per heavy atom. The van der Waals surface area contributed by atoms with E-state index in [4.69, 9.17) is 28.5 Å². The molecule has 434 valence electrons. The maximum Gasteiger partial charge on any atom is 0.407 e. The second kappa shape index (κ2) is 26.8. The van der Waals surface area contributed by atoms with Crippen LogP contribution in [0.3, 0.4) is 0 Å². The average molecular weight is 1170 g/mol. The van der Waals surface area contributed by atoms with Crippen LogP contribution in [0, 0.1) is 0 Å². The van der Waals surface area contributed by atoms with Crippen molar-refractivity contribution in [1.82, 2.24) is 44.8 Å². The molecule has 6 aromatic rings. The first-order valence-corrected chi connectivity index (χ1v) is 31.8. The number of carboxylic acid groups (broad SMARTS) is 1. The van der Waals surface area contributed by atoms with Crippen LogP contribution >= 0.6 is 0 Å². The Hall–Kier alpha value is -7.62. The first-order valence-electron chi connectivity index (χ1n) is 26.0. The molecule has 23 nitrogen and oxygen atoms in total. The standard InChI is InChI=1S/C55H70N10O13S2Si/c1-55(2,3)81(7,8)78-46(32-56-53(67)68)33-58-79(70,71)48-27-26-47(62-28-30-63(31-29-62)49(66)34-57-54(69)77-38-42-12-10-9-11-13-42)50(52-59-61-65(60-52)37-41-18-24-45(76-6)25-19-41)51(48)80(72,73)64(35-39-14-20-43(74-4)21-15-39)36-40-16-22-44(75-5)23-17-40/h9-27,46,56,58H,28-38H2,1-8H3,(H,57,69)(H,67,68). The van der Waals surface area contributed by atoms with Crippen molar-refractivity contribution in [3.63, 3.8) is 0 Å². The summed E-state index contributed by atoms with van der Waals surface area (Å²) in [6, 6.07) is 32.4. The van der Waals surface area contributed by atoms with Crippen LogP contribution in [0.2, 0.25) is 18.1 Å². The number of alkyl carbamates (subject to hydrolysis) is 1. The van der Waals surface area contributed by atoms with E-state index in [-0.39, 0.29) is 87.6 Å². The molecule has 4 N–H and O–H groups in total. The molecule has 1 aromatic heterocycles. The van der Waals surface area contributed by atoms with Crippen molar-refractivity contribution in [3.8, 4) is 28.6 Å². The van der Waals surface area contributed by atoms with Crippen LogP contribution in [0.1, 0.15) is 43.0 Å². The van der Waals surface area contributed by atoms with Crippen molar-refractivity contribution in [3.05, 3.63) is 138 Å². The van der Waals surface area contributed by atoms with E-state index >= 15 is 16.8 Å². The molecule has 5 aromatic carbocycles. The Bertz CT molecular complexity index is 3270. The van der Waals surface area contributed by atoms with Crippen LogP contribution in [-0.4, -0.2) is 151 Å². The van der Waals surface area contributed by atoms with Crippen molar-refractivity contribution in [2.75, 3.05) is 72.0 Å². The van der Waals surface area contributed by atoms with Gasteiger partial charge in [-0.3, -0.25) is 4.79 Å². The highest BCUT2D eigenvalue weighted by atomic mass is 32.2. The fourth-order valence-electron chi connectivity index (χ4n) is 8.49. The number of sulfonamides is 2. The third-order valence-corrected chi connectivity index (χ3v) is 22.0. The molecule has 1 unspecified atom stereocenters. The maximum atomic E-state index is 16.3. The predicted molar refractivity (Wildman–Crippen MR) is 304 cm³/mol. The van der Waals surface area contributed by atoms with Gasteiger partial charge in [-0.15, -0.1) is 10.2 Å². The van der Waals surface area contributed by atoms with Crippen LogP contribution in [-0.2, 0) is 60.2 Å². The lowest BCUT2D eigenvalue weighted by Crippen LogP contribution is -2.51. The second-order valence-corrected chi connectivity index (χ2v) is 28.9. The number of ether oxygens (including phenoxy) is 4. The van der Waals surface area contributed by atoms with E-state index in [1.54, 1.807) is 96.9 Å². The molecule has 0 spiro atoms. The highest BCUT2D eigenvalue weighted by molar-refractivity contribution is 7.92. The van der Waals surface area contributed by atoms with E-state index in [0.717, 1.165) is 15.4 Å². The van der Waals surface area contributed by atoms with Crippen LogP contribution in [0.5, 0.6) is 17.2 Å². The predicted octanol–water partition coefficient (Wildman–Crippen LogP) is 6.32. The van der Waals surface area contributed by atoms with Crippen molar-refractivity contribution in [1.29, 1.82) is 0 Å². The summed E-state index contributed by atoms with van der Waals surface area (Å²) in [5, 5.41) is 27.7. The summed E-state index contributed by atoms with van der Waals surface area (Å²) in [7, 11) is -8.08. The third kappa shape index (κ3) is 16.1. The number of nitrogens with one attached hydrogen (secondary N) is 3. The molecule has 1 aliphatic rings. The molecule has 1 atom stereocenters. The number of rotatable bonds is 25. The summed E-state index contributed by atoms with van der Waals surface area (Å²) in [4.78, 5) is 41.3. The average Bonchev–Trinajstić information content (AvgIpc) is 3.99. The van der Waals surface area contributed by atoms with Crippen LogP contribution in [0.25, 0.3) is 11.4 Å². The lowest BCUT2D eigenvalue weighted by atomic mass is 10.1. The SMILES string of the molecule is COc1ccc(CN(Cc2ccc(OC)cc2)S(=O)(=O)c2c(S(=O)(=O)NCC(CNC(=O)O)O[Si](C)(C)C(C)(C)C)ccc(N3CCN(C(=O)CNC(=O)OCc4ccccc4)CC3)c2-c2nnn(Cc3ccc(OC)cc3)n2)cc1. The maximum absolute atomic E-state index is 16.3. The van der Waals surface area contributed by atoms with Gasteiger partial charge in [-0.2, -0.15) is 9.10 Å². The zero-order valence-corrected chi connectivity index (χ0v) is 49.3. The number of hydrogen-bond acceptors (Lipinski definition) is 16. The second-order valence-electron chi connectivity index (χ2n) is 20.6. The smallest absolute Gasteiger partial charge is 0.407 e. The van der Waals surface area contributed by atoms with Crippen LogP contribution in [0.15, 0.2) is 125 Å². The fourth-order valence-corrected chi connectivity index (χ4v) is 13.3. The van der Waals surface area contributed by atoms with E-state index in [1.165, 1.54) is 31.1 Å². The van der Waals surface area contributed by atoms with Crippen molar-refractivity contribution in [2.24, 2.45) is 0 Å². The van der Waals surface area contributed by atoms with Gasteiger partial charge in [-0.25, -0.2) is 31.1 Å². The number of amides is 3. The van der Waals surface area contributed by atoms with E-state index in [2.05, 4.69) is 25.7 Å². The molecule has 2 heterocycles. The van der Waals surface area contributed by atoms with Gasteiger partial charge in [0.2, 0.25) is 31.8 Å². The molecule has 1 fully saturated rings. The van der Waals surface area contributed by atoms with Gasteiger partial charge in [0.05, 0.1) is 39.5 Å². The first kappa shape index (κ1) is 61.0. The Kier molecular flexibility index (Phi) is 20.2. The van der Waals surface area contributed by atoms with Gasteiger partial charge >= 0.3 is 12.2 Å². The zero-order chi connectivity index (χ0) is 58.5. The molecule has 0 bridgehead atoms.